The van der Waals surface area contributed by atoms with E-state index >= 15 is 0 Å². The first-order chi connectivity index (χ1) is 9.17. The molecule has 0 unspecified atom stereocenters. The Labute approximate surface area is 119 Å². The van der Waals surface area contributed by atoms with Gasteiger partial charge in [-0.15, -0.1) is 0 Å². The van der Waals surface area contributed by atoms with Gasteiger partial charge in [0.05, 0.1) is 23.1 Å². The minimum absolute atomic E-state index is 0.342. The van der Waals surface area contributed by atoms with Crippen molar-refractivity contribution in [1.82, 2.24) is 9.78 Å². The first-order valence-electron chi connectivity index (χ1n) is 6.41. The number of hydrogen-bond acceptors (Lipinski definition) is 3. The van der Waals surface area contributed by atoms with Crippen LogP contribution in [0, 0.1) is 0 Å². The number of halogens is 1. The highest BCUT2D eigenvalue weighted by Crippen LogP contribution is 2.32. The van der Waals surface area contributed by atoms with Crippen LogP contribution in [-0.4, -0.2) is 22.7 Å². The van der Waals surface area contributed by atoms with Crippen LogP contribution in [0.25, 0.3) is 10.9 Å². The molecule has 3 rings (SSSR count). The lowest BCUT2D eigenvalue weighted by atomic mass is 9.95. The number of ether oxygens (including phenoxy) is 1. The summed E-state index contributed by atoms with van der Waals surface area (Å²) < 4.78 is 8.22. The van der Waals surface area contributed by atoms with Crippen LogP contribution < -0.4 is 4.74 Å². The van der Waals surface area contributed by atoms with E-state index in [2.05, 4.69) is 27.2 Å². The second-order valence-electron chi connectivity index (χ2n) is 4.92. The van der Waals surface area contributed by atoms with Gasteiger partial charge in [0.25, 0.3) is 0 Å². The minimum atomic E-state index is 0.342. The number of fused-ring (bicyclic) bond motifs is 1. The number of carbonyl (C=O) groups excluding carboxylic acids is 1. The van der Waals surface area contributed by atoms with Gasteiger partial charge in [-0.05, 0) is 34.8 Å². The van der Waals surface area contributed by atoms with Crippen LogP contribution in [0.1, 0.15) is 31.7 Å². The van der Waals surface area contributed by atoms with E-state index in [1.165, 1.54) is 0 Å². The van der Waals surface area contributed by atoms with E-state index < -0.39 is 0 Å². The summed E-state index contributed by atoms with van der Waals surface area (Å²) in [6.45, 7) is 0. The molecule has 1 saturated carbocycles. The molecule has 0 bridgehead atoms. The van der Waals surface area contributed by atoms with E-state index in [4.69, 9.17) is 4.74 Å². The third-order valence-corrected chi connectivity index (χ3v) is 4.30. The van der Waals surface area contributed by atoms with Crippen LogP contribution in [0.4, 0.5) is 0 Å². The summed E-state index contributed by atoms with van der Waals surface area (Å²) in [5.74, 6) is 1.16. The van der Waals surface area contributed by atoms with Crippen molar-refractivity contribution in [3.63, 3.8) is 0 Å². The summed E-state index contributed by atoms with van der Waals surface area (Å²) in [6.07, 6.45) is 5.19. The third kappa shape index (κ3) is 2.39. The normalized spacial score (nSPS) is 17.1. The first kappa shape index (κ1) is 12.7. The van der Waals surface area contributed by atoms with Gasteiger partial charge in [-0.2, -0.15) is 5.10 Å². The molecule has 0 spiro atoms. The van der Waals surface area contributed by atoms with Gasteiger partial charge in [0.15, 0.2) is 0 Å². The topological polar surface area (TPSA) is 44.1 Å². The molecular weight excluding hydrogens is 308 g/mol. The van der Waals surface area contributed by atoms with E-state index in [0.29, 0.717) is 24.7 Å². The van der Waals surface area contributed by atoms with Crippen LogP contribution in [-0.2, 0) is 4.79 Å². The molecule has 0 amide bonds. The number of ketones is 1. The largest absolute Gasteiger partial charge is 0.495 e. The maximum Gasteiger partial charge on any atom is 0.135 e. The predicted octanol–water partition coefficient (Wildman–Crippen LogP) is 3.49. The molecule has 1 aliphatic rings. The van der Waals surface area contributed by atoms with Crippen molar-refractivity contribution < 1.29 is 9.53 Å². The van der Waals surface area contributed by atoms with Crippen molar-refractivity contribution in [2.45, 2.75) is 31.7 Å². The Balaban J connectivity index is 1.95. The SMILES string of the molecule is COc1cc2nn(C3CCC(=O)CC3)cc2cc1Br. The van der Waals surface area contributed by atoms with Gasteiger partial charge < -0.3 is 4.74 Å². The quantitative estimate of drug-likeness (QED) is 0.850. The molecule has 0 atom stereocenters. The second-order valence-corrected chi connectivity index (χ2v) is 5.78. The van der Waals surface area contributed by atoms with E-state index in [9.17, 15) is 4.79 Å². The lowest BCUT2D eigenvalue weighted by molar-refractivity contribution is -0.120. The summed E-state index contributed by atoms with van der Waals surface area (Å²) in [6, 6.07) is 4.30. The monoisotopic (exact) mass is 322 g/mol. The lowest BCUT2D eigenvalue weighted by Gasteiger charge is -2.20. The number of aromatic nitrogens is 2. The van der Waals surface area contributed by atoms with Crippen molar-refractivity contribution in [2.75, 3.05) is 7.11 Å². The van der Waals surface area contributed by atoms with Gasteiger partial charge in [0, 0.05) is 30.5 Å². The summed E-state index contributed by atoms with van der Waals surface area (Å²) in [5.41, 5.74) is 0.928. The molecule has 2 aromatic rings. The zero-order valence-corrected chi connectivity index (χ0v) is 12.3. The van der Waals surface area contributed by atoms with Gasteiger partial charge in [-0.25, -0.2) is 0 Å². The minimum Gasteiger partial charge on any atom is -0.495 e. The fourth-order valence-electron chi connectivity index (χ4n) is 2.58. The molecule has 1 heterocycles. The predicted molar refractivity (Wildman–Crippen MR) is 76.5 cm³/mol. The van der Waals surface area contributed by atoms with Crippen LogP contribution in [0.15, 0.2) is 22.8 Å². The number of nitrogens with zero attached hydrogens (tertiary/aromatic N) is 2. The lowest BCUT2D eigenvalue weighted by Crippen LogP contribution is -2.18. The average molecular weight is 323 g/mol. The molecule has 19 heavy (non-hydrogen) atoms. The summed E-state index contributed by atoms with van der Waals surface area (Å²) in [7, 11) is 1.65. The van der Waals surface area contributed by atoms with E-state index in [-0.39, 0.29) is 0 Å². The molecule has 1 aromatic heterocycles. The molecule has 0 aliphatic heterocycles. The maximum atomic E-state index is 11.3. The Bertz CT molecular complexity index is 626. The fourth-order valence-corrected chi connectivity index (χ4v) is 3.10. The number of benzene rings is 1. The van der Waals surface area contributed by atoms with Gasteiger partial charge in [0.1, 0.15) is 11.5 Å². The summed E-state index contributed by atoms with van der Waals surface area (Å²) in [4.78, 5) is 11.3. The van der Waals surface area contributed by atoms with Crippen molar-refractivity contribution >= 4 is 32.6 Å². The molecular formula is C14H15BrN2O2. The molecule has 1 fully saturated rings. The Morgan fingerprint density at radius 2 is 2.11 bits per heavy atom. The zero-order valence-electron chi connectivity index (χ0n) is 10.7. The highest BCUT2D eigenvalue weighted by Gasteiger charge is 2.21. The Morgan fingerprint density at radius 1 is 1.37 bits per heavy atom. The van der Waals surface area contributed by atoms with Crippen LogP contribution in [0.2, 0.25) is 0 Å². The van der Waals surface area contributed by atoms with E-state index in [0.717, 1.165) is 34.0 Å². The average Bonchev–Trinajstić information content (AvgIpc) is 2.81. The van der Waals surface area contributed by atoms with Gasteiger partial charge in [0.2, 0.25) is 0 Å². The maximum absolute atomic E-state index is 11.3. The Hall–Kier alpha value is -1.36. The number of rotatable bonds is 2. The van der Waals surface area contributed by atoms with Crippen molar-refractivity contribution in [3.8, 4) is 5.75 Å². The van der Waals surface area contributed by atoms with Gasteiger partial charge in [-0.1, -0.05) is 0 Å². The van der Waals surface area contributed by atoms with Gasteiger partial charge >= 0.3 is 0 Å². The molecule has 0 N–H and O–H groups in total. The smallest absolute Gasteiger partial charge is 0.135 e. The molecule has 1 aliphatic carbocycles. The molecule has 4 nitrogen and oxygen atoms in total. The molecule has 5 heteroatoms. The zero-order chi connectivity index (χ0) is 13.4. The number of methoxy groups -OCH3 is 1. The standard InChI is InChI=1S/C14H15BrN2O2/c1-19-14-7-13-9(6-12(14)15)8-17(16-13)10-2-4-11(18)5-3-10/h6-8,10H,2-5H2,1H3. The summed E-state index contributed by atoms with van der Waals surface area (Å²) in [5, 5.41) is 5.70. The van der Waals surface area contributed by atoms with Crippen LogP contribution >= 0.6 is 15.9 Å². The van der Waals surface area contributed by atoms with Crippen LogP contribution in [0.5, 0.6) is 5.75 Å². The number of carbonyl (C=O) groups is 1. The second kappa shape index (κ2) is 4.96. The molecule has 0 saturated heterocycles. The first-order valence-corrected chi connectivity index (χ1v) is 7.21. The molecule has 100 valence electrons. The molecule has 1 aromatic carbocycles. The summed E-state index contributed by atoms with van der Waals surface area (Å²) >= 11 is 3.48. The van der Waals surface area contributed by atoms with Crippen molar-refractivity contribution in [1.29, 1.82) is 0 Å². The molecule has 0 radical (unpaired) electrons. The number of Topliss-reactive ketones (excluding diaryl/α,β-unsaturated/α-hetero) is 1. The third-order valence-electron chi connectivity index (χ3n) is 3.68. The van der Waals surface area contributed by atoms with Gasteiger partial charge in [-0.3, -0.25) is 9.48 Å². The highest BCUT2D eigenvalue weighted by molar-refractivity contribution is 9.10. The Morgan fingerprint density at radius 3 is 2.79 bits per heavy atom. The van der Waals surface area contributed by atoms with Crippen LogP contribution in [0.3, 0.4) is 0 Å². The Kier molecular flexibility index (Phi) is 3.31. The van der Waals surface area contributed by atoms with E-state index in [1.807, 2.05) is 16.8 Å². The highest BCUT2D eigenvalue weighted by atomic mass is 79.9. The van der Waals surface area contributed by atoms with Crippen molar-refractivity contribution in [3.05, 3.63) is 22.8 Å². The van der Waals surface area contributed by atoms with E-state index in [1.54, 1.807) is 7.11 Å². The number of hydrogen-bond donors (Lipinski definition) is 0. The fraction of sp³-hybridized carbons (Fsp3) is 0.429. The van der Waals surface area contributed by atoms with Crippen molar-refractivity contribution in [2.24, 2.45) is 0 Å².